The first-order chi connectivity index (χ1) is 5.85. The first kappa shape index (κ1) is 7.17. The molecule has 0 bridgehead atoms. The summed E-state index contributed by atoms with van der Waals surface area (Å²) in [6.07, 6.45) is 3.88. The van der Waals surface area contributed by atoms with Gasteiger partial charge in [0.15, 0.2) is 0 Å². The molecule has 0 N–H and O–H groups in total. The summed E-state index contributed by atoms with van der Waals surface area (Å²) in [6, 6.07) is 6.20. The van der Waals surface area contributed by atoms with E-state index in [0.29, 0.717) is 0 Å². The van der Waals surface area contributed by atoms with Gasteiger partial charge in [-0.2, -0.15) is 0 Å². The lowest BCUT2D eigenvalue weighted by molar-refractivity contribution is 0.369. The maximum absolute atomic E-state index is 5.12. The molecule has 0 fully saturated rings. The fourth-order valence-electron chi connectivity index (χ4n) is 1.36. The van der Waals surface area contributed by atoms with Gasteiger partial charge in [-0.25, -0.2) is 0 Å². The molecular weight excluding hydrogens is 148 g/mol. The highest BCUT2D eigenvalue weighted by Gasteiger charge is 2.15. The Morgan fingerprint density at radius 3 is 2.83 bits per heavy atom. The maximum Gasteiger partial charge on any atom is 0.127 e. The minimum atomic E-state index is 0.973. The molecule has 0 saturated heterocycles. The van der Waals surface area contributed by atoms with Crippen LogP contribution in [-0.4, -0.2) is 7.11 Å². The Morgan fingerprint density at radius 1 is 1.42 bits per heavy atom. The lowest BCUT2D eigenvalue weighted by Crippen LogP contribution is -2.00. The second-order valence-electron chi connectivity index (χ2n) is 2.76. The second-order valence-corrected chi connectivity index (χ2v) is 2.76. The minimum absolute atomic E-state index is 0.973. The Balaban J connectivity index is 2.40. The zero-order valence-electron chi connectivity index (χ0n) is 7.00. The molecule has 12 heavy (non-hydrogen) atoms. The fraction of sp³-hybridized carbons (Fsp3) is 0.0909. The molecule has 1 nitrogen and oxygen atoms in total. The third kappa shape index (κ3) is 0.866. The van der Waals surface area contributed by atoms with Gasteiger partial charge in [-0.1, -0.05) is 24.8 Å². The van der Waals surface area contributed by atoms with Crippen LogP contribution in [0.2, 0.25) is 0 Å². The van der Waals surface area contributed by atoms with Crippen molar-refractivity contribution >= 4 is 17.9 Å². The predicted molar refractivity (Wildman–Crippen MR) is 51.4 cm³/mol. The second kappa shape index (κ2) is 2.52. The highest BCUT2D eigenvalue weighted by molar-refractivity contribution is 5.92. The van der Waals surface area contributed by atoms with Crippen LogP contribution >= 0.6 is 0 Å². The monoisotopic (exact) mass is 158 g/mol. The summed E-state index contributed by atoms with van der Waals surface area (Å²) < 4.78 is 5.12. The number of hydrogen-bond acceptors (Lipinski definition) is 1. The summed E-state index contributed by atoms with van der Waals surface area (Å²) in [5.74, 6) is 0.973. The van der Waals surface area contributed by atoms with Crippen molar-refractivity contribution in [2.24, 2.45) is 0 Å². The van der Waals surface area contributed by atoms with Crippen LogP contribution in [-0.2, 0) is 4.74 Å². The summed E-state index contributed by atoms with van der Waals surface area (Å²) in [4.78, 5) is 0. The molecular formula is C11H10O. The third-order valence-electron chi connectivity index (χ3n) is 2.08. The molecule has 0 aromatic heterocycles. The maximum atomic E-state index is 5.12. The van der Waals surface area contributed by atoms with Crippen LogP contribution in [0.4, 0.5) is 0 Å². The molecule has 0 heterocycles. The fourth-order valence-corrected chi connectivity index (χ4v) is 1.36. The van der Waals surface area contributed by atoms with Crippen molar-refractivity contribution in [2.75, 3.05) is 7.11 Å². The largest absolute Gasteiger partial charge is 0.496 e. The third-order valence-corrected chi connectivity index (χ3v) is 2.08. The normalized spacial score (nSPS) is 12.6. The number of ether oxygens (including phenoxy) is 1. The highest BCUT2D eigenvalue weighted by atomic mass is 16.5. The van der Waals surface area contributed by atoms with Crippen molar-refractivity contribution in [3.05, 3.63) is 41.5 Å². The van der Waals surface area contributed by atoms with Crippen LogP contribution in [0.1, 0.15) is 16.7 Å². The average Bonchev–Trinajstić information content (AvgIpc) is 2.07. The Hall–Kier alpha value is -1.50. The van der Waals surface area contributed by atoms with Gasteiger partial charge in [-0.15, -0.1) is 0 Å². The molecule has 1 aliphatic carbocycles. The predicted octanol–water partition coefficient (Wildman–Crippen LogP) is 2.79. The van der Waals surface area contributed by atoms with Crippen LogP contribution in [0.25, 0.3) is 17.9 Å². The summed E-state index contributed by atoms with van der Waals surface area (Å²) in [6.45, 7) is 3.71. The molecule has 0 spiro atoms. The minimum Gasteiger partial charge on any atom is -0.496 e. The van der Waals surface area contributed by atoms with Crippen molar-refractivity contribution in [1.82, 2.24) is 0 Å². The molecule has 0 saturated carbocycles. The van der Waals surface area contributed by atoms with E-state index in [-0.39, 0.29) is 0 Å². The van der Waals surface area contributed by atoms with E-state index in [1.54, 1.807) is 7.11 Å². The number of rotatable bonds is 2. The Kier molecular flexibility index (Phi) is 1.51. The number of methoxy groups -OCH3 is 1. The van der Waals surface area contributed by atoms with Gasteiger partial charge in [-0.3, -0.25) is 0 Å². The topological polar surface area (TPSA) is 9.23 Å². The Labute approximate surface area is 72.0 Å². The van der Waals surface area contributed by atoms with Crippen molar-refractivity contribution in [1.29, 1.82) is 0 Å². The highest BCUT2D eigenvalue weighted by Crippen LogP contribution is 2.33. The van der Waals surface area contributed by atoms with Gasteiger partial charge in [0.1, 0.15) is 5.76 Å². The van der Waals surface area contributed by atoms with Gasteiger partial charge >= 0.3 is 0 Å². The van der Waals surface area contributed by atoms with Crippen LogP contribution in [0.5, 0.6) is 0 Å². The van der Waals surface area contributed by atoms with E-state index >= 15 is 0 Å². The average molecular weight is 158 g/mol. The first-order valence-corrected chi connectivity index (χ1v) is 3.87. The molecule has 0 radical (unpaired) electrons. The summed E-state index contributed by atoms with van der Waals surface area (Å²) in [5.41, 5.74) is 3.59. The van der Waals surface area contributed by atoms with Gasteiger partial charge in [0, 0.05) is 5.56 Å². The van der Waals surface area contributed by atoms with E-state index in [9.17, 15) is 0 Å². The van der Waals surface area contributed by atoms with Crippen molar-refractivity contribution < 1.29 is 4.74 Å². The van der Waals surface area contributed by atoms with Crippen LogP contribution in [0, 0.1) is 0 Å². The van der Waals surface area contributed by atoms with Gasteiger partial charge in [0.25, 0.3) is 0 Å². The van der Waals surface area contributed by atoms with Gasteiger partial charge in [0.05, 0.1) is 7.11 Å². The van der Waals surface area contributed by atoms with E-state index in [4.69, 9.17) is 4.74 Å². The SMILES string of the molecule is C=Cc1ccc2c(c1)C=C2OC. The lowest BCUT2D eigenvalue weighted by Gasteiger charge is -2.18. The standard InChI is InChI=1S/C11H10O/c1-3-8-4-5-10-9(6-8)7-11(10)12-2/h3-7H,1H2,2H3. The van der Waals surface area contributed by atoms with Crippen LogP contribution in [0.3, 0.4) is 0 Å². The smallest absolute Gasteiger partial charge is 0.127 e. The number of fused-ring (bicyclic) bond motifs is 1. The first-order valence-electron chi connectivity index (χ1n) is 3.87. The van der Waals surface area contributed by atoms with Gasteiger partial charge in [-0.05, 0) is 23.3 Å². The molecule has 1 aromatic carbocycles. The molecule has 1 aliphatic rings. The molecule has 0 aliphatic heterocycles. The molecule has 2 rings (SSSR count). The summed E-state index contributed by atoms with van der Waals surface area (Å²) in [5, 5.41) is 0. The van der Waals surface area contributed by atoms with Crippen molar-refractivity contribution in [3.63, 3.8) is 0 Å². The van der Waals surface area contributed by atoms with E-state index in [0.717, 1.165) is 11.3 Å². The quantitative estimate of drug-likeness (QED) is 0.643. The zero-order chi connectivity index (χ0) is 8.55. The Bertz CT molecular complexity index is 361. The molecule has 0 amide bonds. The van der Waals surface area contributed by atoms with Crippen molar-refractivity contribution in [3.8, 4) is 0 Å². The lowest BCUT2D eigenvalue weighted by atomic mass is 9.93. The summed E-state index contributed by atoms with van der Waals surface area (Å²) in [7, 11) is 1.69. The number of hydrogen-bond donors (Lipinski definition) is 0. The van der Waals surface area contributed by atoms with Crippen LogP contribution in [0.15, 0.2) is 24.8 Å². The van der Waals surface area contributed by atoms with Gasteiger partial charge < -0.3 is 4.74 Å². The molecule has 60 valence electrons. The van der Waals surface area contributed by atoms with E-state index in [2.05, 4.69) is 18.7 Å². The van der Waals surface area contributed by atoms with E-state index in [1.807, 2.05) is 18.2 Å². The van der Waals surface area contributed by atoms with E-state index in [1.165, 1.54) is 11.1 Å². The van der Waals surface area contributed by atoms with E-state index < -0.39 is 0 Å². The molecule has 0 unspecified atom stereocenters. The Morgan fingerprint density at radius 2 is 2.25 bits per heavy atom. The summed E-state index contributed by atoms with van der Waals surface area (Å²) >= 11 is 0. The van der Waals surface area contributed by atoms with Gasteiger partial charge in [0.2, 0.25) is 0 Å². The molecule has 0 atom stereocenters. The zero-order valence-corrected chi connectivity index (χ0v) is 7.00. The van der Waals surface area contributed by atoms with Crippen molar-refractivity contribution in [2.45, 2.75) is 0 Å². The van der Waals surface area contributed by atoms with Crippen LogP contribution < -0.4 is 0 Å². The molecule has 1 aromatic rings. The number of benzene rings is 1. The molecule has 1 heteroatoms.